The van der Waals surface area contributed by atoms with Crippen molar-refractivity contribution < 1.29 is 60.9 Å². The minimum atomic E-state index is -1.07. The maximum absolute atomic E-state index is 11.5. The first kappa shape index (κ1) is 33.2. The van der Waals surface area contributed by atoms with Gasteiger partial charge in [0.15, 0.2) is 34.5 Å². The molecule has 1 heterocycles. The molecular weight excluding hydrogens is 671 g/mol. The Hall–Kier alpha value is -7.28. The molecule has 6 aromatic rings. The van der Waals surface area contributed by atoms with Crippen molar-refractivity contribution in [3.8, 4) is 74.0 Å². The van der Waals surface area contributed by atoms with Crippen LogP contribution in [-0.4, -0.2) is 64.0 Å². The molecule has 0 spiro atoms. The number of aliphatic hydroxyl groups excluding tert-OH is 3. The van der Waals surface area contributed by atoms with Crippen LogP contribution in [0.2, 0.25) is 0 Å². The molecule has 0 saturated carbocycles. The van der Waals surface area contributed by atoms with E-state index in [0.29, 0.717) is 38.2 Å². The minimum absolute atomic E-state index is 0.0118. The molecule has 6 aromatic carbocycles. The lowest BCUT2D eigenvalue weighted by molar-refractivity contribution is 0.259. The van der Waals surface area contributed by atoms with Crippen molar-refractivity contribution in [3.63, 3.8) is 0 Å². The first-order valence-electron chi connectivity index (χ1n) is 15.5. The van der Waals surface area contributed by atoms with Crippen LogP contribution in [0.3, 0.4) is 0 Å². The summed E-state index contributed by atoms with van der Waals surface area (Å²) in [5.74, 6) is -9.45. The summed E-state index contributed by atoms with van der Waals surface area (Å²) in [5, 5.41) is 119. The molecule has 13 heteroatoms. The third-order valence-corrected chi connectivity index (χ3v) is 8.97. The van der Waals surface area contributed by atoms with Gasteiger partial charge in [-0.2, -0.15) is 0 Å². The van der Waals surface area contributed by atoms with Gasteiger partial charge in [0.2, 0.25) is 28.8 Å². The number of allylic oxidation sites excluding steroid dienone is 1. The summed E-state index contributed by atoms with van der Waals surface area (Å²) in [6.07, 6.45) is 2.17. The van der Waals surface area contributed by atoms with Gasteiger partial charge in [-0.05, 0) is 62.4 Å². The van der Waals surface area contributed by atoms with E-state index in [1.165, 1.54) is 36.4 Å². The number of rotatable bonds is 5. The van der Waals surface area contributed by atoms with E-state index in [0.717, 1.165) is 0 Å². The van der Waals surface area contributed by atoms with Crippen molar-refractivity contribution in [1.29, 1.82) is 0 Å². The summed E-state index contributed by atoms with van der Waals surface area (Å²) in [6.45, 7) is 0. The van der Waals surface area contributed by atoms with Gasteiger partial charge < -0.3 is 60.9 Å². The average Bonchev–Trinajstić information content (AvgIpc) is 3.16. The molecule has 1 aliphatic heterocycles. The van der Waals surface area contributed by atoms with Crippen LogP contribution >= 0.6 is 0 Å². The third-order valence-electron chi connectivity index (χ3n) is 8.97. The van der Waals surface area contributed by atoms with E-state index >= 15 is 0 Å². The van der Waals surface area contributed by atoms with Crippen molar-refractivity contribution in [1.82, 2.24) is 0 Å². The summed E-state index contributed by atoms with van der Waals surface area (Å²) in [5.41, 5.74) is 0.547. The maximum Gasteiger partial charge on any atom is 0.208 e. The molecule has 0 amide bonds. The monoisotopic (exact) mass is 698 g/mol. The van der Waals surface area contributed by atoms with Gasteiger partial charge in [0.1, 0.15) is 19.3 Å². The van der Waals surface area contributed by atoms with Crippen LogP contribution < -0.4 is 10.2 Å². The van der Waals surface area contributed by atoms with Crippen LogP contribution in [0.25, 0.3) is 49.9 Å². The molecule has 258 valence electrons. The van der Waals surface area contributed by atoms with Gasteiger partial charge in [-0.1, -0.05) is 60.7 Å². The van der Waals surface area contributed by atoms with Gasteiger partial charge in [0, 0.05) is 28.7 Å². The number of hydrogen-bond acceptors (Lipinski definition) is 12. The normalized spacial score (nSPS) is 13.4. The molecule has 0 aromatic heterocycles. The Balaban J connectivity index is 1.44. The molecule has 0 unspecified atom stereocenters. The first-order valence-corrected chi connectivity index (χ1v) is 15.5. The summed E-state index contributed by atoms with van der Waals surface area (Å²) in [4.78, 5) is 0. The number of aliphatic hydroxyl groups is 3. The van der Waals surface area contributed by atoms with E-state index in [2.05, 4.69) is 0 Å². The van der Waals surface area contributed by atoms with E-state index in [4.69, 9.17) is 12.6 Å². The number of fused-ring (bicyclic) bond motifs is 3. The van der Waals surface area contributed by atoms with Crippen LogP contribution in [0, 0.1) is 0 Å². The van der Waals surface area contributed by atoms with Crippen LogP contribution in [0.5, 0.6) is 51.7 Å². The molecular formula is C39H27BO12. The highest BCUT2D eigenvalue weighted by Crippen LogP contribution is 2.54. The Morgan fingerprint density at radius 3 is 1.73 bits per heavy atom. The van der Waals surface area contributed by atoms with Gasteiger partial charge in [0.05, 0.1) is 0 Å². The van der Waals surface area contributed by atoms with Crippen LogP contribution in [0.15, 0.2) is 102 Å². The van der Waals surface area contributed by atoms with Crippen LogP contribution in [0.4, 0.5) is 0 Å². The van der Waals surface area contributed by atoms with E-state index in [1.807, 2.05) is 0 Å². The number of ether oxygens (including phenoxy) is 1. The largest absolute Gasteiger partial charge is 0.508 e. The van der Waals surface area contributed by atoms with E-state index in [9.17, 15) is 56.2 Å². The predicted molar refractivity (Wildman–Crippen MR) is 193 cm³/mol. The SMILES string of the molecule is [B]c1c(O)c(O)c(-c2c3ccccc3c(/C=C(O)/C(O)=C(/O)C3=CCc4c(O)c(O)c(O)c(O)c4O3)c3ccccc23)c(-c2ccc(O)cc2)c1O. The second-order valence-electron chi connectivity index (χ2n) is 11.9. The highest BCUT2D eigenvalue weighted by molar-refractivity contribution is 6.38. The molecule has 52 heavy (non-hydrogen) atoms. The number of phenolic OH excluding ortho intramolecular Hbond substituents is 8. The molecule has 11 N–H and O–H groups in total. The standard InChI is InChI=1S/C39H27BO12/c40-29-33(46)26(16-9-11-17(41)12-10-16)28(34(47)35(29)48)27-20-7-3-1-5-18(20)23(19-6-2-4-8-21(19)27)15-24(42)31(44)32(45)25-14-13-22-30(43)36(49)37(50)38(51)39(22)52-25/h1-12,14-15,41-51H,13H2/b24-15-,32-31-. The minimum Gasteiger partial charge on any atom is -0.508 e. The fourth-order valence-corrected chi connectivity index (χ4v) is 6.43. The van der Waals surface area contributed by atoms with E-state index < -0.39 is 74.5 Å². The Morgan fingerprint density at radius 1 is 0.577 bits per heavy atom. The Labute approximate surface area is 294 Å². The molecule has 12 nitrogen and oxygen atoms in total. The Kier molecular flexibility index (Phi) is 7.83. The zero-order chi connectivity index (χ0) is 37.2. The maximum atomic E-state index is 11.5. The van der Waals surface area contributed by atoms with Crippen molar-refractivity contribution in [3.05, 3.63) is 113 Å². The fourth-order valence-electron chi connectivity index (χ4n) is 6.43. The summed E-state index contributed by atoms with van der Waals surface area (Å²) in [6, 6.07) is 19.4. The number of phenols is 8. The molecule has 2 radical (unpaired) electrons. The predicted octanol–water partition coefficient (Wildman–Crippen LogP) is 6.51. The van der Waals surface area contributed by atoms with Gasteiger partial charge in [-0.3, -0.25) is 0 Å². The highest BCUT2D eigenvalue weighted by Gasteiger charge is 2.31. The van der Waals surface area contributed by atoms with E-state index in [-0.39, 0.29) is 28.9 Å². The number of benzene rings is 6. The summed E-state index contributed by atoms with van der Waals surface area (Å²) >= 11 is 0. The number of aromatic hydroxyl groups is 8. The van der Waals surface area contributed by atoms with Crippen LogP contribution in [0.1, 0.15) is 11.1 Å². The topological polar surface area (TPSA) is 232 Å². The zero-order valence-corrected chi connectivity index (χ0v) is 26.7. The van der Waals surface area contributed by atoms with Gasteiger partial charge in [0.25, 0.3) is 0 Å². The summed E-state index contributed by atoms with van der Waals surface area (Å²) < 4.78 is 5.45. The Bertz CT molecular complexity index is 2530. The first-order chi connectivity index (χ1) is 24.8. The third kappa shape index (κ3) is 5.02. The Morgan fingerprint density at radius 2 is 1.13 bits per heavy atom. The second kappa shape index (κ2) is 12.2. The van der Waals surface area contributed by atoms with Crippen LogP contribution in [-0.2, 0) is 6.42 Å². The van der Waals surface area contributed by atoms with Crippen molar-refractivity contribution in [2.45, 2.75) is 6.42 Å². The molecule has 1 aliphatic rings. The molecule has 0 saturated heterocycles. The van der Waals surface area contributed by atoms with Gasteiger partial charge in [-0.15, -0.1) is 0 Å². The van der Waals surface area contributed by atoms with Crippen molar-refractivity contribution >= 4 is 40.9 Å². The molecule has 7 rings (SSSR count). The zero-order valence-electron chi connectivity index (χ0n) is 26.7. The second-order valence-corrected chi connectivity index (χ2v) is 11.9. The average molecular weight is 698 g/mol. The highest BCUT2D eigenvalue weighted by atomic mass is 16.5. The number of hydrogen-bond donors (Lipinski definition) is 11. The lowest BCUT2D eigenvalue weighted by atomic mass is 9.80. The lowest BCUT2D eigenvalue weighted by Gasteiger charge is -2.22. The van der Waals surface area contributed by atoms with Gasteiger partial charge >= 0.3 is 0 Å². The van der Waals surface area contributed by atoms with Gasteiger partial charge in [-0.25, -0.2) is 0 Å². The molecule has 0 fully saturated rings. The molecule has 0 atom stereocenters. The quantitative estimate of drug-likeness (QED) is 0.0231. The summed E-state index contributed by atoms with van der Waals surface area (Å²) in [7, 11) is 6.01. The fraction of sp³-hybridized carbons (Fsp3) is 0.0256. The molecule has 0 bridgehead atoms. The lowest BCUT2D eigenvalue weighted by Crippen LogP contribution is -2.10. The molecule has 0 aliphatic carbocycles. The van der Waals surface area contributed by atoms with Crippen molar-refractivity contribution in [2.75, 3.05) is 0 Å². The van der Waals surface area contributed by atoms with E-state index in [1.54, 1.807) is 48.5 Å². The smallest absolute Gasteiger partial charge is 0.208 e. The van der Waals surface area contributed by atoms with Crippen molar-refractivity contribution in [2.24, 2.45) is 0 Å².